The van der Waals surface area contributed by atoms with E-state index in [0.717, 1.165) is 35.6 Å². The molecule has 4 rings (SSSR count). The number of rotatable bonds is 3. The molecule has 0 aliphatic heterocycles. The summed E-state index contributed by atoms with van der Waals surface area (Å²) in [6.45, 7) is 8.59. The number of benzene rings is 2. The zero-order valence-corrected chi connectivity index (χ0v) is 16.0. The van der Waals surface area contributed by atoms with E-state index in [0.29, 0.717) is 5.92 Å². The maximum absolute atomic E-state index is 13.4. The zero-order valence-electron chi connectivity index (χ0n) is 16.0. The monoisotopic (exact) mass is 364 g/mol. The highest BCUT2D eigenvalue weighted by molar-refractivity contribution is 6.03. The lowest BCUT2D eigenvalue weighted by Crippen LogP contribution is -2.36. The molecule has 0 aromatic heterocycles. The van der Waals surface area contributed by atoms with Gasteiger partial charge in [0.25, 0.3) is 0 Å². The van der Waals surface area contributed by atoms with Crippen LogP contribution in [0.25, 0.3) is 10.8 Å². The van der Waals surface area contributed by atoms with E-state index in [1.807, 2.05) is 30.3 Å². The van der Waals surface area contributed by atoms with Gasteiger partial charge < -0.3 is 9.47 Å². The van der Waals surface area contributed by atoms with Gasteiger partial charge in [-0.2, -0.15) is 0 Å². The highest BCUT2D eigenvalue weighted by Crippen LogP contribution is 2.65. The molecule has 0 heterocycles. The molecule has 2 fully saturated rings. The maximum atomic E-state index is 13.4. The van der Waals surface area contributed by atoms with E-state index in [-0.39, 0.29) is 22.7 Å². The minimum Gasteiger partial charge on any atom is -0.465 e. The first-order valence-electron chi connectivity index (χ1n) is 9.33. The lowest BCUT2D eigenvalue weighted by Gasteiger charge is -2.36. The first kappa shape index (κ1) is 17.8. The average molecular weight is 364 g/mol. The molecule has 2 aromatic rings. The molecule has 4 heteroatoms. The number of esters is 2. The van der Waals surface area contributed by atoms with Crippen molar-refractivity contribution in [2.24, 2.45) is 16.7 Å². The first-order valence-corrected chi connectivity index (χ1v) is 9.33. The molecule has 27 heavy (non-hydrogen) atoms. The molecule has 0 radical (unpaired) electrons. The molecule has 0 saturated heterocycles. The van der Waals surface area contributed by atoms with Crippen LogP contribution in [0, 0.1) is 16.7 Å². The van der Waals surface area contributed by atoms with Crippen LogP contribution in [-0.4, -0.2) is 19.0 Å². The molecular formula is C23H24O4. The minimum absolute atomic E-state index is 0.0682. The summed E-state index contributed by atoms with van der Waals surface area (Å²) in [5.74, 6) is -0.0940. The van der Waals surface area contributed by atoms with Gasteiger partial charge in [-0.05, 0) is 42.0 Å². The molecule has 2 saturated carbocycles. The Morgan fingerprint density at radius 3 is 2.56 bits per heavy atom. The number of carbonyl (C=O) groups is 2. The molecule has 2 aromatic carbocycles. The van der Waals surface area contributed by atoms with Crippen molar-refractivity contribution in [1.82, 2.24) is 0 Å². The van der Waals surface area contributed by atoms with Gasteiger partial charge in [0.1, 0.15) is 5.56 Å². The molecule has 0 N–H and O–H groups in total. The van der Waals surface area contributed by atoms with E-state index in [1.54, 1.807) is 6.07 Å². The molecule has 0 amide bonds. The predicted molar refractivity (Wildman–Crippen MR) is 104 cm³/mol. The number of hydrogen-bond donors (Lipinski definition) is 0. The third-order valence-electron chi connectivity index (χ3n) is 6.76. The van der Waals surface area contributed by atoms with Crippen molar-refractivity contribution in [3.63, 3.8) is 0 Å². The number of hydrogen-bond acceptors (Lipinski definition) is 4. The molecule has 0 spiro atoms. The molecule has 2 aliphatic carbocycles. The Balaban J connectivity index is 1.79. The van der Waals surface area contributed by atoms with Crippen LogP contribution in [0.4, 0.5) is 0 Å². The summed E-state index contributed by atoms with van der Waals surface area (Å²) >= 11 is 0. The van der Waals surface area contributed by atoms with Gasteiger partial charge >= 0.3 is 11.9 Å². The van der Waals surface area contributed by atoms with Crippen molar-refractivity contribution in [1.29, 1.82) is 0 Å². The van der Waals surface area contributed by atoms with Crippen molar-refractivity contribution >= 4 is 22.7 Å². The maximum Gasteiger partial charge on any atom is 0.341 e. The molecule has 2 aliphatic rings. The normalized spacial score (nSPS) is 25.6. The van der Waals surface area contributed by atoms with Gasteiger partial charge in [0.15, 0.2) is 5.75 Å². The number of fused-ring (bicyclic) bond motifs is 3. The molecule has 4 nitrogen and oxygen atoms in total. The number of carbonyl (C=O) groups excluding carboxylic acids is 2. The van der Waals surface area contributed by atoms with Crippen molar-refractivity contribution in [3.8, 4) is 5.75 Å². The van der Waals surface area contributed by atoms with Gasteiger partial charge in [0, 0.05) is 5.39 Å². The second-order valence-electron chi connectivity index (χ2n) is 8.27. The fourth-order valence-electron chi connectivity index (χ4n) is 4.92. The fourth-order valence-corrected chi connectivity index (χ4v) is 4.92. The predicted octanol–water partition coefficient (Wildman–Crippen LogP) is 4.91. The van der Waals surface area contributed by atoms with Crippen molar-refractivity contribution in [2.45, 2.75) is 33.1 Å². The van der Waals surface area contributed by atoms with Crippen molar-refractivity contribution in [2.75, 3.05) is 7.11 Å². The van der Waals surface area contributed by atoms with E-state index < -0.39 is 11.4 Å². The molecular weight excluding hydrogens is 340 g/mol. The Morgan fingerprint density at radius 2 is 1.89 bits per heavy atom. The third kappa shape index (κ3) is 2.43. The fraction of sp³-hybridized carbons (Fsp3) is 0.391. The summed E-state index contributed by atoms with van der Waals surface area (Å²) in [5.41, 5.74) is 0.495. The van der Waals surface area contributed by atoms with Crippen LogP contribution < -0.4 is 4.74 Å². The second-order valence-corrected chi connectivity index (χ2v) is 8.27. The number of methoxy groups -OCH3 is 1. The van der Waals surface area contributed by atoms with Crippen LogP contribution in [0.2, 0.25) is 0 Å². The van der Waals surface area contributed by atoms with Gasteiger partial charge in [0.05, 0.1) is 12.5 Å². The lowest BCUT2D eigenvalue weighted by molar-refractivity contribution is -0.143. The Labute approximate surface area is 159 Å². The van der Waals surface area contributed by atoms with Gasteiger partial charge in [-0.25, -0.2) is 4.79 Å². The van der Waals surface area contributed by atoms with Gasteiger partial charge in [-0.15, -0.1) is 0 Å². The Morgan fingerprint density at radius 1 is 1.15 bits per heavy atom. The van der Waals surface area contributed by atoms with Crippen LogP contribution in [-0.2, 0) is 9.53 Å². The molecule has 2 atom stereocenters. The Hall–Kier alpha value is -2.62. The summed E-state index contributed by atoms with van der Waals surface area (Å²) < 4.78 is 10.8. The highest BCUT2D eigenvalue weighted by atomic mass is 16.5. The van der Waals surface area contributed by atoms with E-state index in [2.05, 4.69) is 20.4 Å². The summed E-state index contributed by atoms with van der Waals surface area (Å²) in [6.07, 6.45) is 2.54. The Bertz CT molecular complexity index is 972. The van der Waals surface area contributed by atoms with Gasteiger partial charge in [0.2, 0.25) is 0 Å². The van der Waals surface area contributed by atoms with E-state index in [4.69, 9.17) is 9.47 Å². The summed E-state index contributed by atoms with van der Waals surface area (Å²) in [5, 5.41) is 1.63. The number of ether oxygens (including phenoxy) is 2. The van der Waals surface area contributed by atoms with Gasteiger partial charge in [-0.3, -0.25) is 4.79 Å². The van der Waals surface area contributed by atoms with E-state index in [1.165, 1.54) is 7.11 Å². The zero-order chi connectivity index (χ0) is 19.4. The van der Waals surface area contributed by atoms with Crippen LogP contribution >= 0.6 is 0 Å². The van der Waals surface area contributed by atoms with Crippen molar-refractivity contribution < 1.29 is 19.1 Å². The van der Waals surface area contributed by atoms with E-state index in [9.17, 15) is 9.59 Å². The second kappa shape index (κ2) is 5.95. The summed E-state index contributed by atoms with van der Waals surface area (Å²) in [6, 6.07) is 11.0. The average Bonchev–Trinajstić information content (AvgIpc) is 3.20. The molecule has 140 valence electrons. The summed E-state index contributed by atoms with van der Waals surface area (Å²) in [7, 11) is 1.32. The first-order chi connectivity index (χ1) is 12.8. The topological polar surface area (TPSA) is 52.6 Å². The lowest BCUT2D eigenvalue weighted by atomic mass is 9.68. The quantitative estimate of drug-likeness (QED) is 0.441. The van der Waals surface area contributed by atoms with Crippen molar-refractivity contribution in [3.05, 3.63) is 54.1 Å². The highest BCUT2D eigenvalue weighted by Gasteiger charge is 2.62. The Kier molecular flexibility index (Phi) is 3.91. The van der Waals surface area contributed by atoms with Crippen LogP contribution in [0.5, 0.6) is 5.75 Å². The van der Waals surface area contributed by atoms with Crippen LogP contribution in [0.3, 0.4) is 0 Å². The molecule has 2 unspecified atom stereocenters. The SMILES string of the molecule is C=C1C2(C(=O)Oc3c(C(=O)OC)ccc4ccccc34)CCC(C2)C1(C)C. The van der Waals surface area contributed by atoms with E-state index >= 15 is 0 Å². The molecule has 2 bridgehead atoms. The largest absolute Gasteiger partial charge is 0.465 e. The minimum atomic E-state index is -0.654. The standard InChI is InChI=1S/C23H24O4/c1-14-22(2,3)16-11-12-23(14,13-16)21(25)27-19-17-8-6-5-7-15(17)9-10-18(19)20(24)26-4/h5-10,16H,1,11-13H2,2-4H3. The third-order valence-corrected chi connectivity index (χ3v) is 6.76. The van der Waals surface area contributed by atoms with Crippen LogP contribution in [0.1, 0.15) is 43.5 Å². The summed E-state index contributed by atoms with van der Waals surface area (Å²) in [4.78, 5) is 25.6. The van der Waals surface area contributed by atoms with Crippen LogP contribution in [0.15, 0.2) is 48.6 Å². The smallest absolute Gasteiger partial charge is 0.341 e. The van der Waals surface area contributed by atoms with Gasteiger partial charge in [-0.1, -0.05) is 56.3 Å².